The van der Waals surface area contributed by atoms with Gasteiger partial charge in [-0.05, 0) is 0 Å². The molecule has 0 heterocycles. The van der Waals surface area contributed by atoms with Crippen molar-refractivity contribution in [3.05, 3.63) is 0 Å². The second-order valence-electron chi connectivity index (χ2n) is 3.44. The second kappa shape index (κ2) is 4.42. The monoisotopic (exact) mass is 176 g/mol. The lowest BCUT2D eigenvalue weighted by molar-refractivity contribution is -0.145. The van der Waals surface area contributed by atoms with Gasteiger partial charge in [-0.25, -0.2) is 0 Å². The highest BCUT2D eigenvalue weighted by molar-refractivity contribution is 5.69. The maximum Gasteiger partial charge on any atom is 0.308 e. The van der Waals surface area contributed by atoms with Gasteiger partial charge in [0.2, 0.25) is 0 Å². The largest absolute Gasteiger partial charge is 0.469 e. The lowest BCUT2D eigenvalue weighted by Gasteiger charge is -2.27. The van der Waals surface area contributed by atoms with Crippen molar-refractivity contribution in [1.82, 2.24) is 0 Å². The van der Waals surface area contributed by atoms with Crippen LogP contribution in [0.25, 0.3) is 0 Å². The van der Waals surface area contributed by atoms with Crippen LogP contribution in [0.4, 0.5) is 0 Å². The molecule has 0 fully saturated rings. The normalized spacial score (nSPS) is 14.1. The van der Waals surface area contributed by atoms with Crippen LogP contribution in [0.1, 0.15) is 20.3 Å². The smallest absolute Gasteiger partial charge is 0.308 e. The molecule has 12 heavy (non-hydrogen) atoms. The summed E-state index contributed by atoms with van der Waals surface area (Å²) in [7, 11) is 1.26. The van der Waals surface area contributed by atoms with Gasteiger partial charge in [-0.1, -0.05) is 13.8 Å². The van der Waals surface area contributed by atoms with Crippen LogP contribution in [0.15, 0.2) is 0 Å². The summed E-state index contributed by atoms with van der Waals surface area (Å²) in [5.74, 6) is -0.468. The topological polar surface area (TPSA) is 66.8 Å². The van der Waals surface area contributed by atoms with E-state index in [2.05, 4.69) is 4.74 Å². The van der Waals surface area contributed by atoms with Crippen molar-refractivity contribution >= 4 is 5.97 Å². The molecule has 0 rings (SSSR count). The first-order valence-electron chi connectivity index (χ1n) is 3.79. The van der Waals surface area contributed by atoms with Gasteiger partial charge < -0.3 is 14.9 Å². The molecule has 0 saturated heterocycles. The van der Waals surface area contributed by atoms with Gasteiger partial charge >= 0.3 is 5.97 Å². The third kappa shape index (κ3) is 3.19. The van der Waals surface area contributed by atoms with E-state index >= 15 is 0 Å². The second-order valence-corrected chi connectivity index (χ2v) is 3.44. The Morgan fingerprint density at radius 1 is 1.58 bits per heavy atom. The van der Waals surface area contributed by atoms with Crippen LogP contribution >= 0.6 is 0 Å². The fourth-order valence-electron chi connectivity index (χ4n) is 0.623. The first kappa shape index (κ1) is 11.4. The van der Waals surface area contributed by atoms with Crippen molar-refractivity contribution in [2.45, 2.75) is 26.4 Å². The molecule has 2 N–H and O–H groups in total. The molecule has 4 heteroatoms. The molecule has 0 aromatic heterocycles. The number of carbonyl (C=O) groups excluding carboxylic acids is 1. The van der Waals surface area contributed by atoms with Gasteiger partial charge in [-0.2, -0.15) is 0 Å². The molecule has 0 amide bonds. The molecule has 0 aromatic rings. The molecule has 0 aliphatic heterocycles. The van der Waals surface area contributed by atoms with Crippen molar-refractivity contribution < 1.29 is 19.7 Å². The van der Waals surface area contributed by atoms with E-state index in [1.54, 1.807) is 13.8 Å². The predicted molar refractivity (Wildman–Crippen MR) is 43.5 cm³/mol. The Kier molecular flexibility index (Phi) is 4.20. The number of hydrogen-bond acceptors (Lipinski definition) is 4. The Hall–Kier alpha value is -0.610. The van der Waals surface area contributed by atoms with E-state index in [-0.39, 0.29) is 13.0 Å². The molecule has 0 radical (unpaired) electrons. The molecule has 72 valence electrons. The van der Waals surface area contributed by atoms with Gasteiger partial charge in [0.15, 0.2) is 0 Å². The highest BCUT2D eigenvalue weighted by Crippen LogP contribution is 2.21. The van der Waals surface area contributed by atoms with Crippen molar-refractivity contribution in [1.29, 1.82) is 0 Å². The summed E-state index contributed by atoms with van der Waals surface area (Å²) in [6.45, 7) is 3.20. The molecule has 4 nitrogen and oxygen atoms in total. The Bertz CT molecular complexity index is 153. The summed E-state index contributed by atoms with van der Waals surface area (Å²) in [6, 6.07) is 0. The van der Waals surface area contributed by atoms with Crippen molar-refractivity contribution in [3.8, 4) is 0 Å². The highest BCUT2D eigenvalue weighted by Gasteiger charge is 2.29. The first-order valence-corrected chi connectivity index (χ1v) is 3.79. The maximum absolute atomic E-state index is 10.7. The van der Waals surface area contributed by atoms with Gasteiger partial charge in [0.05, 0.1) is 26.2 Å². The standard InChI is InChI=1S/C8H16O4/c1-8(2,5-9)6(10)4-7(11)12-3/h6,9-10H,4-5H2,1-3H3/t6-/m0/s1. The Morgan fingerprint density at radius 3 is 2.42 bits per heavy atom. The van der Waals surface area contributed by atoms with Crippen molar-refractivity contribution in [2.75, 3.05) is 13.7 Å². The van der Waals surface area contributed by atoms with Gasteiger partial charge in [-0.3, -0.25) is 4.79 Å². The average molecular weight is 176 g/mol. The number of aliphatic hydroxyl groups excluding tert-OH is 2. The van der Waals surface area contributed by atoms with Crippen molar-refractivity contribution in [3.63, 3.8) is 0 Å². The summed E-state index contributed by atoms with van der Waals surface area (Å²) in [5, 5.41) is 18.3. The molecule has 0 aromatic carbocycles. The molecule has 0 bridgehead atoms. The van der Waals surface area contributed by atoms with Crippen LogP contribution in [0.3, 0.4) is 0 Å². The summed E-state index contributed by atoms with van der Waals surface area (Å²) in [4.78, 5) is 10.7. The van der Waals surface area contributed by atoms with E-state index in [9.17, 15) is 9.90 Å². The van der Waals surface area contributed by atoms with Gasteiger partial charge in [-0.15, -0.1) is 0 Å². The Labute approximate surface area is 72.2 Å². The number of ether oxygens (including phenoxy) is 1. The minimum absolute atomic E-state index is 0.0793. The number of carbonyl (C=O) groups is 1. The predicted octanol–water partition coefficient (Wildman–Crippen LogP) is -0.0711. The minimum atomic E-state index is -0.866. The van der Waals surface area contributed by atoms with Gasteiger partial charge in [0, 0.05) is 5.41 Å². The summed E-state index contributed by atoms with van der Waals surface area (Å²) in [6.07, 6.45) is -0.945. The van der Waals surface area contributed by atoms with Crippen molar-refractivity contribution in [2.24, 2.45) is 5.41 Å². The SMILES string of the molecule is COC(=O)C[C@H](O)C(C)(C)CO. The molecule has 0 aliphatic carbocycles. The van der Waals surface area contributed by atoms with E-state index in [4.69, 9.17) is 5.11 Å². The number of rotatable bonds is 4. The zero-order valence-corrected chi connectivity index (χ0v) is 7.70. The molecular formula is C8H16O4. The summed E-state index contributed by atoms with van der Waals surface area (Å²) >= 11 is 0. The Morgan fingerprint density at radius 2 is 2.08 bits per heavy atom. The average Bonchev–Trinajstić information content (AvgIpc) is 2.04. The van der Waals surface area contributed by atoms with Crippen LogP contribution in [-0.4, -0.2) is 36.0 Å². The third-order valence-corrected chi connectivity index (χ3v) is 1.90. The van der Waals surface area contributed by atoms with Gasteiger partial charge in [0.1, 0.15) is 0 Å². The summed E-state index contributed by atoms with van der Waals surface area (Å²) < 4.78 is 4.38. The van der Waals surface area contributed by atoms with E-state index in [0.717, 1.165) is 0 Å². The van der Waals surface area contributed by atoms with Crippen LogP contribution in [0.2, 0.25) is 0 Å². The highest BCUT2D eigenvalue weighted by atomic mass is 16.5. The first-order chi connectivity index (χ1) is 5.44. The maximum atomic E-state index is 10.7. The molecule has 0 spiro atoms. The fraction of sp³-hybridized carbons (Fsp3) is 0.875. The molecular weight excluding hydrogens is 160 g/mol. The summed E-state index contributed by atoms with van der Waals surface area (Å²) in [5.41, 5.74) is -0.659. The van der Waals surface area contributed by atoms with E-state index < -0.39 is 17.5 Å². The Balaban J connectivity index is 4.02. The lowest BCUT2D eigenvalue weighted by Crippen LogP contribution is -2.34. The third-order valence-electron chi connectivity index (χ3n) is 1.90. The zero-order chi connectivity index (χ0) is 9.78. The number of hydrogen-bond donors (Lipinski definition) is 2. The number of methoxy groups -OCH3 is 1. The minimum Gasteiger partial charge on any atom is -0.469 e. The number of aliphatic hydroxyl groups is 2. The van der Waals surface area contributed by atoms with Crippen LogP contribution < -0.4 is 0 Å². The van der Waals surface area contributed by atoms with E-state index in [1.165, 1.54) is 7.11 Å². The molecule has 0 saturated carbocycles. The molecule has 1 atom stereocenters. The molecule has 0 aliphatic rings. The lowest BCUT2D eigenvalue weighted by atomic mass is 9.86. The van der Waals surface area contributed by atoms with Crippen LogP contribution in [-0.2, 0) is 9.53 Å². The van der Waals surface area contributed by atoms with Gasteiger partial charge in [0.25, 0.3) is 0 Å². The fourth-order valence-corrected chi connectivity index (χ4v) is 0.623. The van der Waals surface area contributed by atoms with Crippen LogP contribution in [0.5, 0.6) is 0 Å². The molecule has 0 unspecified atom stereocenters. The van der Waals surface area contributed by atoms with E-state index in [0.29, 0.717) is 0 Å². The zero-order valence-electron chi connectivity index (χ0n) is 7.70. The number of esters is 1. The van der Waals surface area contributed by atoms with E-state index in [1.807, 2.05) is 0 Å². The van der Waals surface area contributed by atoms with Crippen LogP contribution in [0, 0.1) is 5.41 Å². The quantitative estimate of drug-likeness (QED) is 0.588.